The second-order valence-corrected chi connectivity index (χ2v) is 21.7. The minimum absolute atomic E-state index is 0.0655. The summed E-state index contributed by atoms with van der Waals surface area (Å²) in [5.74, 6) is 0. The lowest BCUT2D eigenvalue weighted by atomic mass is 9.97. The maximum atomic E-state index is 14.9. The summed E-state index contributed by atoms with van der Waals surface area (Å²) in [4.78, 5) is 0. The fraction of sp³-hybridized carbons (Fsp3) is 0.520. The first-order valence-electron chi connectivity index (χ1n) is 22.5. The highest BCUT2D eigenvalue weighted by Gasteiger charge is 2.53. The zero-order chi connectivity index (χ0) is 46.0. The zero-order valence-corrected chi connectivity index (χ0v) is 40.6. The van der Waals surface area contributed by atoms with Crippen LogP contribution in [0.2, 0.25) is 0 Å². The number of rotatable bonds is 28. The van der Waals surface area contributed by atoms with Crippen LogP contribution < -0.4 is 0 Å². The van der Waals surface area contributed by atoms with Crippen LogP contribution in [-0.4, -0.2) is 73.7 Å². The van der Waals surface area contributed by atoms with Crippen LogP contribution in [0.5, 0.6) is 0 Å². The Morgan fingerprint density at radius 3 is 1.22 bits per heavy atom. The van der Waals surface area contributed by atoms with E-state index in [1.54, 1.807) is 55.4 Å². The standard InChI is InChI=1S/C50H70O12P2/c1-37(2)59-63(51,60-38(3)4)46(64(52,61-39(5)6)62-40(7)8)30-21-31-54-50-49(57-35-44-28-19-12-20-29-44)48(56-34-43-26-17-11-18-27-43)47(55-33-42-24-15-10-16-25-42)45(58-50)36-53-32-41-22-13-9-14-23-41/h9-20,22-29,37-40,45-50H,21,30-36H2,1-8H3. The molecule has 0 aliphatic carbocycles. The minimum atomic E-state index is -4.12. The first-order valence-corrected chi connectivity index (χ1v) is 25.8. The van der Waals surface area contributed by atoms with E-state index in [2.05, 4.69) is 0 Å². The molecular weight excluding hydrogens is 854 g/mol. The molecule has 1 fully saturated rings. The SMILES string of the molecule is CC(C)OP(=O)(OC(C)C)C(CCCOC1OC(COCc2ccccc2)C(OCc2ccccc2)C(OCc2ccccc2)C1OCc1ccccc1)P(=O)(OC(C)C)OC(C)C. The number of ether oxygens (including phenoxy) is 6. The number of hydrogen-bond donors (Lipinski definition) is 0. The normalized spacial score (nSPS) is 19.7. The van der Waals surface area contributed by atoms with Gasteiger partial charge in [-0.15, -0.1) is 0 Å². The van der Waals surface area contributed by atoms with Crippen molar-refractivity contribution >= 4 is 15.2 Å². The molecule has 0 spiro atoms. The predicted octanol–water partition coefficient (Wildman–Crippen LogP) is 11.9. The zero-order valence-electron chi connectivity index (χ0n) is 38.8. The van der Waals surface area contributed by atoms with Gasteiger partial charge in [0.1, 0.15) is 24.4 Å². The lowest BCUT2D eigenvalue weighted by molar-refractivity contribution is -0.328. The Hall–Kier alpha value is -3.06. The minimum Gasteiger partial charge on any atom is -0.374 e. The van der Waals surface area contributed by atoms with E-state index in [1.165, 1.54) is 0 Å². The van der Waals surface area contributed by atoms with Crippen molar-refractivity contribution in [2.45, 2.75) is 155 Å². The molecule has 4 aromatic rings. The Kier molecular flexibility index (Phi) is 21.4. The molecule has 5 unspecified atom stereocenters. The maximum Gasteiger partial charge on any atom is 0.346 e. The molecule has 0 aromatic heterocycles. The van der Waals surface area contributed by atoms with E-state index in [-0.39, 0.29) is 39.3 Å². The molecule has 5 rings (SSSR count). The molecule has 1 aliphatic rings. The van der Waals surface area contributed by atoms with Crippen molar-refractivity contribution in [1.29, 1.82) is 0 Å². The summed E-state index contributed by atoms with van der Waals surface area (Å²) in [7, 11) is -8.24. The smallest absolute Gasteiger partial charge is 0.346 e. The third-order valence-corrected chi connectivity index (χ3v) is 16.4. The molecule has 64 heavy (non-hydrogen) atoms. The van der Waals surface area contributed by atoms with E-state index in [0.29, 0.717) is 13.2 Å². The van der Waals surface area contributed by atoms with Gasteiger partial charge in [0.15, 0.2) is 11.7 Å². The van der Waals surface area contributed by atoms with E-state index in [9.17, 15) is 9.13 Å². The van der Waals surface area contributed by atoms with Crippen LogP contribution in [0.25, 0.3) is 0 Å². The van der Waals surface area contributed by atoms with E-state index >= 15 is 0 Å². The van der Waals surface area contributed by atoms with Gasteiger partial charge in [0.2, 0.25) is 0 Å². The molecule has 0 N–H and O–H groups in total. The summed E-state index contributed by atoms with van der Waals surface area (Å²) in [5, 5.41) is -1.24. The van der Waals surface area contributed by atoms with Gasteiger partial charge in [-0.25, -0.2) is 0 Å². The van der Waals surface area contributed by atoms with Gasteiger partial charge in [-0.1, -0.05) is 121 Å². The highest BCUT2D eigenvalue weighted by molar-refractivity contribution is 7.72. The molecule has 352 valence electrons. The fourth-order valence-corrected chi connectivity index (χ4v) is 13.4. The Bertz CT molecular complexity index is 1900. The highest BCUT2D eigenvalue weighted by Crippen LogP contribution is 2.73. The average molecular weight is 925 g/mol. The molecule has 0 amide bonds. The van der Waals surface area contributed by atoms with Crippen LogP contribution in [0.15, 0.2) is 121 Å². The largest absolute Gasteiger partial charge is 0.374 e. The summed E-state index contributed by atoms with van der Waals surface area (Å²) >= 11 is 0. The summed E-state index contributed by atoms with van der Waals surface area (Å²) < 4.78 is 94.4. The number of benzene rings is 4. The highest BCUT2D eigenvalue weighted by atomic mass is 31.2. The third-order valence-electron chi connectivity index (χ3n) is 9.89. The molecule has 1 aliphatic heterocycles. The summed E-state index contributed by atoms with van der Waals surface area (Å²) in [6.45, 7) is 15.5. The lowest BCUT2D eigenvalue weighted by Crippen LogP contribution is -2.61. The van der Waals surface area contributed by atoms with Gasteiger partial charge in [-0.3, -0.25) is 9.13 Å². The Balaban J connectivity index is 1.48. The van der Waals surface area contributed by atoms with E-state index < -0.39 is 75.7 Å². The molecule has 1 saturated heterocycles. The molecule has 12 nitrogen and oxygen atoms in total. The van der Waals surface area contributed by atoms with Gasteiger partial charge in [-0.05, 0) is 90.5 Å². The molecule has 0 bridgehead atoms. The Morgan fingerprint density at radius 2 is 0.828 bits per heavy atom. The third kappa shape index (κ3) is 16.7. The molecule has 1 heterocycles. The van der Waals surface area contributed by atoms with E-state index in [4.69, 9.17) is 46.5 Å². The van der Waals surface area contributed by atoms with Gasteiger partial charge in [0, 0.05) is 6.61 Å². The van der Waals surface area contributed by atoms with Crippen LogP contribution >= 0.6 is 15.2 Å². The molecule has 5 atom stereocenters. The molecule has 4 aromatic carbocycles. The van der Waals surface area contributed by atoms with Crippen LogP contribution in [0.3, 0.4) is 0 Å². The number of hydrogen-bond acceptors (Lipinski definition) is 12. The van der Waals surface area contributed by atoms with E-state index in [0.717, 1.165) is 22.3 Å². The van der Waals surface area contributed by atoms with Gasteiger partial charge in [0.05, 0.1) is 57.5 Å². The monoisotopic (exact) mass is 924 g/mol. The van der Waals surface area contributed by atoms with Crippen LogP contribution in [0.1, 0.15) is 90.5 Å². The second-order valence-electron chi connectivity index (χ2n) is 17.0. The molecular formula is C50H70O12P2. The Labute approximate surface area is 381 Å². The van der Waals surface area contributed by atoms with E-state index in [1.807, 2.05) is 121 Å². The predicted molar refractivity (Wildman–Crippen MR) is 249 cm³/mol. The van der Waals surface area contributed by atoms with Gasteiger partial charge in [0.25, 0.3) is 0 Å². The molecule has 0 saturated carbocycles. The lowest BCUT2D eigenvalue weighted by Gasteiger charge is -2.46. The first kappa shape index (κ1) is 51.9. The maximum absolute atomic E-state index is 14.9. The summed E-state index contributed by atoms with van der Waals surface area (Å²) in [6.07, 6.45) is -5.43. The van der Waals surface area contributed by atoms with Crippen molar-refractivity contribution in [2.75, 3.05) is 13.2 Å². The van der Waals surface area contributed by atoms with Crippen LogP contribution in [0, 0.1) is 0 Å². The van der Waals surface area contributed by atoms with Crippen molar-refractivity contribution in [2.24, 2.45) is 0 Å². The van der Waals surface area contributed by atoms with Crippen LogP contribution in [-0.2, 0) is 82.1 Å². The Morgan fingerprint density at radius 1 is 0.469 bits per heavy atom. The summed E-state index contributed by atoms with van der Waals surface area (Å²) in [5.41, 5.74) is 3.94. The quantitative estimate of drug-likeness (QED) is 0.0397. The van der Waals surface area contributed by atoms with Gasteiger partial charge >= 0.3 is 15.2 Å². The van der Waals surface area contributed by atoms with Crippen molar-refractivity contribution in [3.8, 4) is 0 Å². The average Bonchev–Trinajstić information content (AvgIpc) is 3.24. The summed E-state index contributed by atoms with van der Waals surface area (Å²) in [6, 6.07) is 39.7. The van der Waals surface area contributed by atoms with Crippen molar-refractivity contribution in [3.05, 3.63) is 144 Å². The topological polar surface area (TPSA) is 126 Å². The molecule has 0 radical (unpaired) electrons. The van der Waals surface area contributed by atoms with Crippen LogP contribution in [0.4, 0.5) is 0 Å². The van der Waals surface area contributed by atoms with Gasteiger partial charge < -0.3 is 46.5 Å². The second kappa shape index (κ2) is 26.3. The van der Waals surface area contributed by atoms with Gasteiger partial charge in [-0.2, -0.15) is 0 Å². The first-order chi connectivity index (χ1) is 30.7. The molecule has 14 heteroatoms. The fourth-order valence-electron chi connectivity index (χ4n) is 7.34. The van der Waals surface area contributed by atoms with Crippen molar-refractivity contribution in [3.63, 3.8) is 0 Å². The van der Waals surface area contributed by atoms with Crippen molar-refractivity contribution in [1.82, 2.24) is 0 Å². The van der Waals surface area contributed by atoms with Crippen molar-refractivity contribution < 1.29 is 55.6 Å².